The van der Waals surface area contributed by atoms with E-state index in [1.807, 2.05) is 26.0 Å². The van der Waals surface area contributed by atoms with Crippen LogP contribution in [0.4, 0.5) is 0 Å². The van der Waals surface area contributed by atoms with Crippen molar-refractivity contribution in [3.05, 3.63) is 23.9 Å². The normalized spacial score (nSPS) is 11.6. The van der Waals surface area contributed by atoms with E-state index in [1.165, 1.54) is 0 Å². The van der Waals surface area contributed by atoms with E-state index in [-0.39, 0.29) is 12.1 Å². The van der Waals surface area contributed by atoms with Gasteiger partial charge in [-0.1, -0.05) is 6.07 Å². The fourth-order valence-electron chi connectivity index (χ4n) is 1.09. The number of nitrogens with zero attached hydrogens (tertiary/aromatic N) is 2. The van der Waals surface area contributed by atoms with Gasteiger partial charge in [-0.25, -0.2) is 15.8 Å². The molecule has 0 aliphatic rings. The maximum atomic E-state index is 5.54. The second-order valence-electron chi connectivity index (χ2n) is 3.48. The summed E-state index contributed by atoms with van der Waals surface area (Å²) in [4.78, 5) is 8.16. The topological polar surface area (TPSA) is 98.5 Å². The minimum atomic E-state index is 0.0719. The summed E-state index contributed by atoms with van der Waals surface area (Å²) in [7, 11) is 0. The quantitative estimate of drug-likeness (QED) is 0.292. The first kappa shape index (κ1) is 12.3. The molecule has 0 spiro atoms. The lowest BCUT2D eigenvalue weighted by Crippen LogP contribution is -2.37. The Morgan fingerprint density at radius 2 is 2.38 bits per heavy atom. The molecule has 6 nitrogen and oxygen atoms in total. The molecular formula is C10H17N5O. The number of guanidine groups is 1. The fourth-order valence-corrected chi connectivity index (χ4v) is 1.09. The summed E-state index contributed by atoms with van der Waals surface area (Å²) in [5.74, 6) is 5.86. The molecule has 0 atom stereocenters. The maximum absolute atomic E-state index is 5.54. The van der Waals surface area contributed by atoms with Crippen LogP contribution in [0.2, 0.25) is 0 Å². The third-order valence-corrected chi connectivity index (χ3v) is 1.76. The standard InChI is InChI=1S/C10H17N5O/c1-7(2)16-9-8(4-3-5-13-9)6-14-10(11)15-12/h3-5,7H,6,12H2,1-2H3,(H3,11,14,15). The van der Waals surface area contributed by atoms with E-state index in [9.17, 15) is 0 Å². The number of rotatable bonds is 4. The molecule has 0 unspecified atom stereocenters. The lowest BCUT2D eigenvalue weighted by atomic mass is 10.2. The van der Waals surface area contributed by atoms with Crippen molar-refractivity contribution in [2.45, 2.75) is 26.5 Å². The van der Waals surface area contributed by atoms with Gasteiger partial charge in [-0.05, 0) is 19.9 Å². The summed E-state index contributed by atoms with van der Waals surface area (Å²) in [6.07, 6.45) is 1.75. The van der Waals surface area contributed by atoms with E-state index < -0.39 is 0 Å². The van der Waals surface area contributed by atoms with Crippen molar-refractivity contribution in [3.8, 4) is 5.88 Å². The second kappa shape index (κ2) is 5.92. The summed E-state index contributed by atoms with van der Waals surface area (Å²) in [6.45, 7) is 4.26. The molecule has 0 bridgehead atoms. The first-order chi connectivity index (χ1) is 7.63. The van der Waals surface area contributed by atoms with Gasteiger partial charge < -0.3 is 10.5 Å². The lowest BCUT2D eigenvalue weighted by molar-refractivity contribution is 0.230. The molecule has 0 aromatic carbocycles. The Hall–Kier alpha value is -1.82. The van der Waals surface area contributed by atoms with Gasteiger partial charge in [0, 0.05) is 11.8 Å². The first-order valence-electron chi connectivity index (χ1n) is 5.00. The van der Waals surface area contributed by atoms with Crippen LogP contribution in [0.5, 0.6) is 5.88 Å². The van der Waals surface area contributed by atoms with Crippen LogP contribution >= 0.6 is 0 Å². The van der Waals surface area contributed by atoms with Crippen molar-refractivity contribution >= 4 is 5.96 Å². The minimum Gasteiger partial charge on any atom is -0.475 e. The number of ether oxygens (including phenoxy) is 1. The third kappa shape index (κ3) is 3.74. The third-order valence-electron chi connectivity index (χ3n) is 1.76. The highest BCUT2D eigenvalue weighted by Gasteiger charge is 2.05. The molecule has 6 heteroatoms. The lowest BCUT2D eigenvalue weighted by Gasteiger charge is -2.11. The summed E-state index contributed by atoms with van der Waals surface area (Å²) >= 11 is 0. The van der Waals surface area contributed by atoms with Crippen molar-refractivity contribution in [2.24, 2.45) is 16.6 Å². The number of aliphatic imine (C=N–C) groups is 1. The van der Waals surface area contributed by atoms with Gasteiger partial charge in [0.05, 0.1) is 12.6 Å². The van der Waals surface area contributed by atoms with Crippen molar-refractivity contribution in [3.63, 3.8) is 0 Å². The van der Waals surface area contributed by atoms with Crippen LogP contribution in [0.3, 0.4) is 0 Å². The van der Waals surface area contributed by atoms with Crippen LogP contribution in [0.15, 0.2) is 23.3 Å². The van der Waals surface area contributed by atoms with Crippen molar-refractivity contribution in [1.29, 1.82) is 0 Å². The van der Waals surface area contributed by atoms with Crippen LogP contribution in [-0.4, -0.2) is 17.0 Å². The molecule has 0 aliphatic carbocycles. The Bertz CT molecular complexity index is 364. The zero-order valence-corrected chi connectivity index (χ0v) is 9.47. The molecule has 1 aromatic heterocycles. The molecule has 5 N–H and O–H groups in total. The van der Waals surface area contributed by atoms with Gasteiger partial charge >= 0.3 is 0 Å². The van der Waals surface area contributed by atoms with Crippen LogP contribution in [0.1, 0.15) is 19.4 Å². The van der Waals surface area contributed by atoms with Gasteiger partial charge in [0.2, 0.25) is 11.8 Å². The Balaban J connectivity index is 2.78. The molecule has 0 amide bonds. The van der Waals surface area contributed by atoms with E-state index >= 15 is 0 Å². The average Bonchev–Trinajstić information content (AvgIpc) is 2.26. The first-order valence-corrected chi connectivity index (χ1v) is 5.00. The highest BCUT2D eigenvalue weighted by atomic mass is 16.5. The minimum absolute atomic E-state index is 0.0719. The molecule has 16 heavy (non-hydrogen) atoms. The van der Waals surface area contributed by atoms with E-state index in [0.29, 0.717) is 12.4 Å². The highest BCUT2D eigenvalue weighted by Crippen LogP contribution is 2.16. The average molecular weight is 223 g/mol. The number of hydrogen-bond acceptors (Lipinski definition) is 4. The molecule has 0 saturated heterocycles. The summed E-state index contributed by atoms with van der Waals surface area (Å²) < 4.78 is 5.54. The number of hydrazine groups is 1. The van der Waals surface area contributed by atoms with Gasteiger partial charge in [0.25, 0.3) is 0 Å². The molecular weight excluding hydrogens is 206 g/mol. The SMILES string of the molecule is CC(C)Oc1ncccc1CN=C(N)NN. The molecule has 0 radical (unpaired) electrons. The Labute approximate surface area is 94.7 Å². The molecule has 88 valence electrons. The molecule has 0 aliphatic heterocycles. The number of nitrogens with one attached hydrogen (secondary N) is 1. The van der Waals surface area contributed by atoms with E-state index in [4.69, 9.17) is 16.3 Å². The number of pyridine rings is 1. The van der Waals surface area contributed by atoms with Crippen LogP contribution < -0.4 is 21.7 Å². The molecule has 1 rings (SSSR count). The van der Waals surface area contributed by atoms with Crippen LogP contribution in [-0.2, 0) is 6.54 Å². The molecule has 0 fully saturated rings. The van der Waals surface area contributed by atoms with Crippen LogP contribution in [0, 0.1) is 0 Å². The summed E-state index contributed by atoms with van der Waals surface area (Å²) in [5.41, 5.74) is 8.56. The van der Waals surface area contributed by atoms with E-state index in [2.05, 4.69) is 15.4 Å². The van der Waals surface area contributed by atoms with Gasteiger partial charge in [0.1, 0.15) is 0 Å². The van der Waals surface area contributed by atoms with Crippen molar-refractivity contribution < 1.29 is 4.74 Å². The second-order valence-corrected chi connectivity index (χ2v) is 3.48. The van der Waals surface area contributed by atoms with Crippen molar-refractivity contribution in [2.75, 3.05) is 0 Å². The highest BCUT2D eigenvalue weighted by molar-refractivity contribution is 5.77. The monoisotopic (exact) mass is 223 g/mol. The Morgan fingerprint density at radius 3 is 3.00 bits per heavy atom. The predicted molar refractivity (Wildman–Crippen MR) is 62.7 cm³/mol. The van der Waals surface area contributed by atoms with Crippen molar-refractivity contribution in [1.82, 2.24) is 10.4 Å². The zero-order valence-electron chi connectivity index (χ0n) is 9.47. The summed E-state index contributed by atoms with van der Waals surface area (Å²) in [5, 5.41) is 0. The predicted octanol–water partition coefficient (Wildman–Crippen LogP) is 0.147. The Morgan fingerprint density at radius 1 is 1.62 bits per heavy atom. The van der Waals surface area contributed by atoms with Crippen LogP contribution in [0.25, 0.3) is 0 Å². The number of nitrogens with two attached hydrogens (primary N) is 2. The van der Waals surface area contributed by atoms with Gasteiger partial charge in [-0.3, -0.25) is 5.43 Å². The Kier molecular flexibility index (Phi) is 4.53. The van der Waals surface area contributed by atoms with E-state index in [1.54, 1.807) is 6.20 Å². The summed E-state index contributed by atoms with van der Waals surface area (Å²) in [6, 6.07) is 3.71. The zero-order chi connectivity index (χ0) is 12.0. The number of aromatic nitrogens is 1. The molecule has 1 heterocycles. The molecule has 1 aromatic rings. The van der Waals surface area contributed by atoms with Gasteiger partial charge in [-0.15, -0.1) is 0 Å². The molecule has 0 saturated carbocycles. The number of hydrogen-bond donors (Lipinski definition) is 3. The van der Waals surface area contributed by atoms with Gasteiger partial charge in [0.15, 0.2) is 0 Å². The largest absolute Gasteiger partial charge is 0.475 e. The maximum Gasteiger partial charge on any atom is 0.218 e. The van der Waals surface area contributed by atoms with E-state index in [0.717, 1.165) is 5.56 Å². The van der Waals surface area contributed by atoms with Gasteiger partial charge in [-0.2, -0.15) is 0 Å². The fraction of sp³-hybridized carbons (Fsp3) is 0.400. The smallest absolute Gasteiger partial charge is 0.218 e.